The van der Waals surface area contributed by atoms with Crippen LogP contribution in [-0.2, 0) is 6.54 Å². The average molecular weight is 363 g/mol. The van der Waals surface area contributed by atoms with Crippen LogP contribution in [0, 0.1) is 0 Å². The third-order valence-corrected chi connectivity index (χ3v) is 3.65. The molecule has 0 aliphatic heterocycles. The number of rotatable bonds is 8. The quantitative estimate of drug-likeness (QED) is 0.563. The molecule has 25 heavy (non-hydrogen) atoms. The lowest BCUT2D eigenvalue weighted by Gasteiger charge is -2.15. The van der Waals surface area contributed by atoms with Gasteiger partial charge in [0.1, 0.15) is 5.75 Å². The molecule has 0 aromatic heterocycles. The van der Waals surface area contributed by atoms with Crippen molar-refractivity contribution in [2.24, 2.45) is 5.10 Å². The van der Waals surface area contributed by atoms with Crippen LogP contribution in [0.2, 0.25) is 5.02 Å². The predicted molar refractivity (Wildman–Crippen MR) is 101 cm³/mol. The molecule has 1 N–H and O–H groups in total. The summed E-state index contributed by atoms with van der Waals surface area (Å²) in [4.78, 5) is 0. The van der Waals surface area contributed by atoms with Gasteiger partial charge in [-0.1, -0.05) is 29.8 Å². The molecule has 0 heterocycles. The van der Waals surface area contributed by atoms with Crippen LogP contribution in [0.1, 0.15) is 25.0 Å². The van der Waals surface area contributed by atoms with E-state index in [1.807, 2.05) is 44.2 Å². The van der Waals surface area contributed by atoms with E-state index in [9.17, 15) is 0 Å². The Kier molecular flexibility index (Phi) is 6.95. The third-order valence-electron chi connectivity index (χ3n) is 3.37. The lowest BCUT2D eigenvalue weighted by molar-refractivity contribution is 0.230. The Labute approximate surface area is 153 Å². The molecule has 0 aliphatic rings. The lowest BCUT2D eigenvalue weighted by Crippen LogP contribution is -2.08. The smallest absolute Gasteiger partial charge is 0.180 e. The molecule has 0 amide bonds. The second-order valence-electron chi connectivity index (χ2n) is 5.61. The summed E-state index contributed by atoms with van der Waals surface area (Å²) in [5.41, 5.74) is 4.84. The van der Waals surface area contributed by atoms with E-state index in [0.717, 1.165) is 16.9 Å². The Morgan fingerprint density at radius 1 is 1.12 bits per heavy atom. The summed E-state index contributed by atoms with van der Waals surface area (Å²) in [5, 5.41) is 4.72. The normalized spacial score (nSPS) is 11.0. The summed E-state index contributed by atoms with van der Waals surface area (Å²) in [7, 11) is 3.23. The number of hydrazone groups is 1. The zero-order valence-corrected chi connectivity index (χ0v) is 15.6. The van der Waals surface area contributed by atoms with E-state index in [1.54, 1.807) is 26.5 Å². The van der Waals surface area contributed by atoms with Crippen LogP contribution in [0.15, 0.2) is 41.5 Å². The Morgan fingerprint density at radius 3 is 2.52 bits per heavy atom. The minimum atomic E-state index is 0.00781. The maximum absolute atomic E-state index is 6.30. The summed E-state index contributed by atoms with van der Waals surface area (Å²) in [5.74, 6) is 1.94. The van der Waals surface area contributed by atoms with E-state index in [-0.39, 0.29) is 6.10 Å². The van der Waals surface area contributed by atoms with Gasteiger partial charge in [-0.05, 0) is 37.6 Å². The zero-order chi connectivity index (χ0) is 18.2. The molecule has 0 unspecified atom stereocenters. The van der Waals surface area contributed by atoms with E-state index >= 15 is 0 Å². The van der Waals surface area contributed by atoms with Crippen molar-refractivity contribution in [1.82, 2.24) is 5.43 Å². The standard InChI is InChI=1S/C19H23ClN2O3/c1-13(2)25-19-16(20)9-14(10-18(19)24-4)11-21-22-12-15-7-5-6-8-17(15)23-3/h5-11,13,22H,12H2,1-4H3/b21-11-. The predicted octanol–water partition coefficient (Wildman–Crippen LogP) is 4.27. The van der Waals surface area contributed by atoms with Crippen LogP contribution in [0.25, 0.3) is 0 Å². The van der Waals surface area contributed by atoms with Gasteiger partial charge >= 0.3 is 0 Å². The summed E-state index contributed by atoms with van der Waals surface area (Å²) >= 11 is 6.30. The van der Waals surface area contributed by atoms with Gasteiger partial charge in [-0.2, -0.15) is 5.10 Å². The molecule has 134 valence electrons. The molecular formula is C19H23ClN2O3. The van der Waals surface area contributed by atoms with Gasteiger partial charge in [-0.25, -0.2) is 0 Å². The molecule has 0 aliphatic carbocycles. The Morgan fingerprint density at radius 2 is 1.84 bits per heavy atom. The van der Waals surface area contributed by atoms with E-state index in [1.165, 1.54) is 0 Å². The first-order chi connectivity index (χ1) is 12.0. The average Bonchev–Trinajstić information content (AvgIpc) is 2.60. The summed E-state index contributed by atoms with van der Waals surface area (Å²) in [6.07, 6.45) is 1.69. The molecule has 2 rings (SSSR count). The molecule has 0 saturated heterocycles. The van der Waals surface area contributed by atoms with Crippen molar-refractivity contribution in [2.75, 3.05) is 14.2 Å². The molecule has 5 nitrogen and oxygen atoms in total. The van der Waals surface area contributed by atoms with Gasteiger partial charge in [0.25, 0.3) is 0 Å². The van der Waals surface area contributed by atoms with Crippen molar-refractivity contribution in [3.63, 3.8) is 0 Å². The maximum atomic E-state index is 6.30. The van der Waals surface area contributed by atoms with Crippen molar-refractivity contribution in [1.29, 1.82) is 0 Å². The Hall–Kier alpha value is -2.40. The molecule has 2 aromatic rings. The van der Waals surface area contributed by atoms with Gasteiger partial charge in [0, 0.05) is 5.56 Å². The fourth-order valence-corrected chi connectivity index (χ4v) is 2.53. The van der Waals surface area contributed by atoms with Crippen LogP contribution < -0.4 is 19.6 Å². The van der Waals surface area contributed by atoms with E-state index in [0.29, 0.717) is 23.1 Å². The molecule has 0 atom stereocenters. The van der Waals surface area contributed by atoms with Crippen molar-refractivity contribution in [2.45, 2.75) is 26.5 Å². The van der Waals surface area contributed by atoms with Crippen LogP contribution in [0.3, 0.4) is 0 Å². The molecule has 0 bridgehead atoms. The second-order valence-corrected chi connectivity index (χ2v) is 6.01. The SMILES string of the molecule is COc1ccccc1CN/N=C\c1cc(Cl)c(OC(C)C)c(OC)c1. The van der Waals surface area contributed by atoms with E-state index in [4.69, 9.17) is 25.8 Å². The fraction of sp³-hybridized carbons (Fsp3) is 0.316. The van der Waals surface area contributed by atoms with Crippen molar-refractivity contribution < 1.29 is 14.2 Å². The molecule has 2 aromatic carbocycles. The summed E-state index contributed by atoms with van der Waals surface area (Å²) in [6.45, 7) is 4.43. The van der Waals surface area contributed by atoms with Gasteiger partial charge in [0.2, 0.25) is 0 Å². The van der Waals surface area contributed by atoms with Gasteiger partial charge in [-0.3, -0.25) is 0 Å². The largest absolute Gasteiger partial charge is 0.496 e. The zero-order valence-electron chi connectivity index (χ0n) is 14.9. The molecule has 0 fully saturated rings. The highest BCUT2D eigenvalue weighted by atomic mass is 35.5. The minimum absolute atomic E-state index is 0.00781. The van der Waals surface area contributed by atoms with Crippen molar-refractivity contribution in [3.8, 4) is 17.2 Å². The number of methoxy groups -OCH3 is 2. The fourth-order valence-electron chi connectivity index (χ4n) is 2.26. The maximum Gasteiger partial charge on any atom is 0.180 e. The number of hydrogen-bond donors (Lipinski definition) is 1. The topological polar surface area (TPSA) is 52.1 Å². The molecule has 0 spiro atoms. The highest BCUT2D eigenvalue weighted by Crippen LogP contribution is 2.36. The number of hydrogen-bond acceptors (Lipinski definition) is 5. The lowest BCUT2D eigenvalue weighted by atomic mass is 10.2. The number of benzene rings is 2. The van der Waals surface area contributed by atoms with Crippen molar-refractivity contribution in [3.05, 3.63) is 52.5 Å². The Balaban J connectivity index is 2.07. The van der Waals surface area contributed by atoms with Crippen LogP contribution in [0.4, 0.5) is 0 Å². The van der Waals surface area contributed by atoms with Gasteiger partial charge in [0.05, 0.1) is 38.1 Å². The monoisotopic (exact) mass is 362 g/mol. The van der Waals surface area contributed by atoms with Crippen LogP contribution in [0.5, 0.6) is 17.2 Å². The first kappa shape index (κ1) is 18.9. The first-order valence-electron chi connectivity index (χ1n) is 7.97. The van der Waals surface area contributed by atoms with Crippen LogP contribution in [-0.4, -0.2) is 26.5 Å². The molecule has 6 heteroatoms. The number of para-hydroxylation sites is 1. The third kappa shape index (κ3) is 5.29. The van der Waals surface area contributed by atoms with Crippen LogP contribution >= 0.6 is 11.6 Å². The van der Waals surface area contributed by atoms with E-state index < -0.39 is 0 Å². The highest BCUT2D eigenvalue weighted by Gasteiger charge is 2.12. The van der Waals surface area contributed by atoms with Gasteiger partial charge < -0.3 is 19.6 Å². The highest BCUT2D eigenvalue weighted by molar-refractivity contribution is 6.32. The second kappa shape index (κ2) is 9.18. The van der Waals surface area contributed by atoms with Gasteiger partial charge in [-0.15, -0.1) is 0 Å². The number of nitrogens with zero attached hydrogens (tertiary/aromatic N) is 1. The number of ether oxygens (including phenoxy) is 3. The van der Waals surface area contributed by atoms with Gasteiger partial charge in [0.15, 0.2) is 11.5 Å². The summed E-state index contributed by atoms with van der Waals surface area (Å²) < 4.78 is 16.4. The van der Waals surface area contributed by atoms with Crippen molar-refractivity contribution >= 4 is 17.8 Å². The minimum Gasteiger partial charge on any atom is -0.496 e. The Bertz CT molecular complexity index is 733. The summed E-state index contributed by atoms with van der Waals surface area (Å²) in [6, 6.07) is 11.4. The molecule has 0 saturated carbocycles. The molecular weight excluding hydrogens is 340 g/mol. The molecule has 0 radical (unpaired) electrons. The number of nitrogens with one attached hydrogen (secondary N) is 1. The first-order valence-corrected chi connectivity index (χ1v) is 8.35. The number of halogens is 1. The van der Waals surface area contributed by atoms with E-state index in [2.05, 4.69) is 10.5 Å².